The Morgan fingerprint density at radius 1 is 0.500 bits per heavy atom. The summed E-state index contributed by atoms with van der Waals surface area (Å²) in [7, 11) is 0. The molecule has 0 amide bonds. The minimum absolute atomic E-state index is 0.428. The Bertz CT molecular complexity index is 2100. The Kier molecular flexibility index (Phi) is 5.01. The summed E-state index contributed by atoms with van der Waals surface area (Å²) in [5, 5.41) is 5.22. The van der Waals surface area contributed by atoms with E-state index in [1.54, 1.807) is 0 Å². The molecule has 1 heterocycles. The molecule has 0 aromatic heterocycles. The highest BCUT2D eigenvalue weighted by atomic mass is 15.2. The maximum absolute atomic E-state index is 2.50. The fourth-order valence-corrected chi connectivity index (χ4v) is 7.84. The van der Waals surface area contributed by atoms with Gasteiger partial charge in [0.25, 0.3) is 0 Å². The van der Waals surface area contributed by atoms with Gasteiger partial charge in [0.2, 0.25) is 0 Å². The number of anilines is 2. The van der Waals surface area contributed by atoms with E-state index >= 15 is 0 Å². The molecule has 1 nitrogen and oxygen atoms in total. The lowest BCUT2D eigenvalue weighted by Crippen LogP contribution is -2.28. The van der Waals surface area contributed by atoms with Gasteiger partial charge >= 0.3 is 0 Å². The zero-order valence-electron chi connectivity index (χ0n) is 23.3. The standard InChI is InChI=1S/C41H29N/c1-3-13-30(14-4-1)41(31-15-5-2-6-16-31)37-24-23-34-33-17-9-7-11-28(33)19-21-35(34)40(37)36-22-20-32(27-38(36)41)42-26-25-29-12-8-10-18-39(29)42/h1-24,27H,25-26H2. The number of hydrogen-bond acceptors (Lipinski definition) is 1. The molecular weight excluding hydrogens is 506 g/mol. The summed E-state index contributed by atoms with van der Waals surface area (Å²) in [6.45, 7) is 1.00. The van der Waals surface area contributed by atoms with Crippen LogP contribution in [0.15, 0.2) is 152 Å². The van der Waals surface area contributed by atoms with Crippen LogP contribution in [-0.2, 0) is 11.8 Å². The van der Waals surface area contributed by atoms with Crippen molar-refractivity contribution in [2.75, 3.05) is 11.4 Å². The van der Waals surface area contributed by atoms with E-state index in [0.29, 0.717) is 0 Å². The monoisotopic (exact) mass is 535 g/mol. The molecular formula is C41H29N. The van der Waals surface area contributed by atoms with Crippen LogP contribution < -0.4 is 4.90 Å². The number of benzene rings is 7. The summed E-state index contributed by atoms with van der Waals surface area (Å²) < 4.78 is 0. The van der Waals surface area contributed by atoms with Crippen LogP contribution in [0.5, 0.6) is 0 Å². The predicted octanol–water partition coefficient (Wildman–Crippen LogP) is 10.1. The van der Waals surface area contributed by atoms with Gasteiger partial charge in [-0.05, 0) is 85.1 Å². The van der Waals surface area contributed by atoms with E-state index < -0.39 is 5.41 Å². The first-order chi connectivity index (χ1) is 20.8. The van der Waals surface area contributed by atoms with Crippen LogP contribution in [0.3, 0.4) is 0 Å². The van der Waals surface area contributed by atoms with Crippen molar-refractivity contribution < 1.29 is 0 Å². The lowest BCUT2D eigenvalue weighted by molar-refractivity contribution is 0.768. The molecule has 0 saturated heterocycles. The third-order valence-electron chi connectivity index (χ3n) is 9.62. The highest BCUT2D eigenvalue weighted by molar-refractivity contribution is 6.14. The molecule has 7 aromatic rings. The van der Waals surface area contributed by atoms with Gasteiger partial charge in [-0.25, -0.2) is 0 Å². The van der Waals surface area contributed by atoms with Crippen molar-refractivity contribution in [1.29, 1.82) is 0 Å². The molecule has 0 atom stereocenters. The van der Waals surface area contributed by atoms with E-state index in [1.165, 1.54) is 71.9 Å². The number of hydrogen-bond donors (Lipinski definition) is 0. The summed E-state index contributed by atoms with van der Waals surface area (Å²) in [5.74, 6) is 0. The minimum atomic E-state index is -0.428. The molecule has 1 aliphatic carbocycles. The van der Waals surface area contributed by atoms with E-state index in [0.717, 1.165) is 13.0 Å². The average Bonchev–Trinajstić information content (AvgIpc) is 3.63. The molecule has 1 aliphatic heterocycles. The average molecular weight is 536 g/mol. The molecule has 198 valence electrons. The molecule has 1 heteroatoms. The Balaban J connectivity index is 1.41. The maximum atomic E-state index is 2.50. The first-order valence-corrected chi connectivity index (χ1v) is 14.9. The second-order valence-corrected chi connectivity index (χ2v) is 11.6. The molecule has 0 fully saturated rings. The van der Waals surface area contributed by atoms with Gasteiger partial charge in [0.05, 0.1) is 5.41 Å². The molecule has 0 unspecified atom stereocenters. The molecule has 0 N–H and O–H groups in total. The predicted molar refractivity (Wildman–Crippen MR) is 176 cm³/mol. The van der Waals surface area contributed by atoms with Crippen molar-refractivity contribution in [3.05, 3.63) is 179 Å². The number of rotatable bonds is 3. The molecule has 0 bridgehead atoms. The van der Waals surface area contributed by atoms with Crippen molar-refractivity contribution in [1.82, 2.24) is 0 Å². The van der Waals surface area contributed by atoms with E-state index in [4.69, 9.17) is 0 Å². The summed E-state index contributed by atoms with van der Waals surface area (Å²) in [6.07, 6.45) is 1.08. The lowest BCUT2D eigenvalue weighted by atomic mass is 9.67. The second-order valence-electron chi connectivity index (χ2n) is 11.6. The van der Waals surface area contributed by atoms with E-state index in [2.05, 4.69) is 157 Å². The Hall–Kier alpha value is -5.14. The van der Waals surface area contributed by atoms with Crippen LogP contribution in [-0.4, -0.2) is 6.54 Å². The van der Waals surface area contributed by atoms with Crippen molar-refractivity contribution in [3.63, 3.8) is 0 Å². The fraction of sp³-hybridized carbons (Fsp3) is 0.0732. The zero-order chi connectivity index (χ0) is 27.7. The second kappa shape index (κ2) is 8.93. The van der Waals surface area contributed by atoms with Gasteiger partial charge < -0.3 is 4.90 Å². The summed E-state index contributed by atoms with van der Waals surface area (Å²) in [5.41, 5.74) is 11.6. The third-order valence-corrected chi connectivity index (χ3v) is 9.62. The van der Waals surface area contributed by atoms with Gasteiger partial charge in [-0.3, -0.25) is 0 Å². The van der Waals surface area contributed by atoms with Gasteiger partial charge in [-0.1, -0.05) is 133 Å². The number of para-hydroxylation sites is 1. The van der Waals surface area contributed by atoms with Gasteiger partial charge in [-0.15, -0.1) is 0 Å². The van der Waals surface area contributed by atoms with Crippen LogP contribution in [0.2, 0.25) is 0 Å². The van der Waals surface area contributed by atoms with Crippen molar-refractivity contribution >= 4 is 32.9 Å². The third kappa shape index (κ3) is 3.14. The fourth-order valence-electron chi connectivity index (χ4n) is 7.84. The lowest BCUT2D eigenvalue weighted by Gasteiger charge is -2.34. The molecule has 42 heavy (non-hydrogen) atoms. The van der Waals surface area contributed by atoms with Crippen LogP contribution >= 0.6 is 0 Å². The van der Waals surface area contributed by atoms with Crippen LogP contribution in [0.1, 0.15) is 27.8 Å². The van der Waals surface area contributed by atoms with Crippen molar-refractivity contribution in [2.45, 2.75) is 11.8 Å². The Morgan fingerprint density at radius 2 is 1.19 bits per heavy atom. The molecule has 0 spiro atoms. The van der Waals surface area contributed by atoms with Crippen LogP contribution in [0.25, 0.3) is 32.7 Å². The smallest absolute Gasteiger partial charge is 0.0714 e. The zero-order valence-corrected chi connectivity index (χ0v) is 23.3. The largest absolute Gasteiger partial charge is 0.341 e. The van der Waals surface area contributed by atoms with Gasteiger partial charge in [0.1, 0.15) is 0 Å². The molecule has 7 aromatic carbocycles. The molecule has 0 saturated carbocycles. The molecule has 9 rings (SSSR count). The van der Waals surface area contributed by atoms with Gasteiger partial charge in [0, 0.05) is 17.9 Å². The summed E-state index contributed by atoms with van der Waals surface area (Å²) in [4.78, 5) is 2.50. The highest BCUT2D eigenvalue weighted by Crippen LogP contribution is 2.59. The quantitative estimate of drug-likeness (QED) is 0.203. The highest BCUT2D eigenvalue weighted by Gasteiger charge is 2.47. The summed E-state index contributed by atoms with van der Waals surface area (Å²) in [6, 6.07) is 56.5. The summed E-state index contributed by atoms with van der Waals surface area (Å²) >= 11 is 0. The van der Waals surface area contributed by atoms with E-state index in [-0.39, 0.29) is 0 Å². The SMILES string of the molecule is c1ccc(C2(c3ccccc3)c3cc(N4CCc5ccccc54)ccc3-c3c2ccc2c3ccc3ccccc32)cc1. The molecule has 0 radical (unpaired) electrons. The van der Waals surface area contributed by atoms with Crippen LogP contribution in [0.4, 0.5) is 11.4 Å². The minimum Gasteiger partial charge on any atom is -0.341 e. The first kappa shape index (κ1) is 23.6. The van der Waals surface area contributed by atoms with Gasteiger partial charge in [-0.2, -0.15) is 0 Å². The number of fused-ring (bicyclic) bond motifs is 8. The topological polar surface area (TPSA) is 3.24 Å². The van der Waals surface area contributed by atoms with Crippen LogP contribution in [0, 0.1) is 0 Å². The number of nitrogens with zero attached hydrogens (tertiary/aromatic N) is 1. The normalized spacial score (nSPS) is 14.6. The van der Waals surface area contributed by atoms with E-state index in [9.17, 15) is 0 Å². The maximum Gasteiger partial charge on any atom is 0.0714 e. The Labute approximate surface area is 246 Å². The van der Waals surface area contributed by atoms with E-state index in [1.807, 2.05) is 0 Å². The van der Waals surface area contributed by atoms with Crippen molar-refractivity contribution in [2.24, 2.45) is 0 Å². The first-order valence-electron chi connectivity index (χ1n) is 14.9. The van der Waals surface area contributed by atoms with Crippen molar-refractivity contribution in [3.8, 4) is 11.1 Å². The Morgan fingerprint density at radius 3 is 2.00 bits per heavy atom. The molecule has 2 aliphatic rings. The van der Waals surface area contributed by atoms with Gasteiger partial charge in [0.15, 0.2) is 0 Å².